The van der Waals surface area contributed by atoms with Crippen LogP contribution in [0.15, 0.2) is 57.7 Å². The van der Waals surface area contributed by atoms with Crippen molar-refractivity contribution in [2.75, 3.05) is 44.2 Å². The summed E-state index contributed by atoms with van der Waals surface area (Å²) >= 11 is 0. The van der Waals surface area contributed by atoms with Gasteiger partial charge in [-0.15, -0.1) is 12.4 Å². The molecule has 0 N–H and O–H groups in total. The average Bonchev–Trinajstić information content (AvgIpc) is 3.40. The summed E-state index contributed by atoms with van der Waals surface area (Å²) in [5, 5.41) is 3.90. The first-order valence-corrected chi connectivity index (χ1v) is 9.62. The Morgan fingerprint density at radius 1 is 1.07 bits per heavy atom. The lowest BCUT2D eigenvalue weighted by atomic mass is 10.2. The van der Waals surface area contributed by atoms with Crippen LogP contribution in [-0.2, 0) is 0 Å². The van der Waals surface area contributed by atoms with E-state index in [9.17, 15) is 0 Å². The molecule has 154 valence electrons. The fraction of sp³-hybridized carbons (Fsp3) is 0.318. The minimum atomic E-state index is 0. The van der Waals surface area contributed by atoms with E-state index in [4.69, 9.17) is 13.7 Å². The minimum absolute atomic E-state index is 0. The molecule has 0 unspecified atom stereocenters. The Labute approximate surface area is 177 Å². The van der Waals surface area contributed by atoms with Crippen molar-refractivity contribution in [1.29, 1.82) is 0 Å². The molecule has 0 aliphatic carbocycles. The first-order chi connectivity index (χ1) is 13.8. The standard InChI is InChI=1S/C22H25N3O3.ClH/c1-18-17-20(28-23-18)9-8-19-5-2-3-6-21(19)26-16-14-24-10-12-25(13-11-24)22-7-4-15-27-22;/h2-9,15,17H,10-14,16H2,1H3;1H/b9-8+;. The highest BCUT2D eigenvalue weighted by atomic mass is 35.5. The summed E-state index contributed by atoms with van der Waals surface area (Å²) in [6.45, 7) is 7.45. The molecule has 2 aromatic heterocycles. The lowest BCUT2D eigenvalue weighted by molar-refractivity contribution is 0.198. The van der Waals surface area contributed by atoms with E-state index in [1.807, 2.05) is 61.5 Å². The summed E-state index contributed by atoms with van der Waals surface area (Å²) in [6, 6.07) is 13.9. The molecule has 0 atom stereocenters. The van der Waals surface area contributed by atoms with E-state index in [1.54, 1.807) is 6.26 Å². The van der Waals surface area contributed by atoms with Crippen molar-refractivity contribution < 1.29 is 13.7 Å². The van der Waals surface area contributed by atoms with Gasteiger partial charge in [-0.3, -0.25) is 4.90 Å². The zero-order valence-corrected chi connectivity index (χ0v) is 17.3. The number of aryl methyl sites for hydroxylation is 1. The lowest BCUT2D eigenvalue weighted by Crippen LogP contribution is -2.47. The third kappa shape index (κ3) is 5.65. The van der Waals surface area contributed by atoms with Gasteiger partial charge in [0.05, 0.1) is 12.0 Å². The van der Waals surface area contributed by atoms with E-state index in [0.29, 0.717) is 6.61 Å². The maximum Gasteiger partial charge on any atom is 0.195 e. The predicted molar refractivity (Wildman–Crippen MR) is 117 cm³/mol. The van der Waals surface area contributed by atoms with E-state index in [0.717, 1.165) is 61.4 Å². The van der Waals surface area contributed by atoms with Gasteiger partial charge in [-0.2, -0.15) is 0 Å². The number of piperazine rings is 1. The number of benzene rings is 1. The second kappa shape index (κ2) is 10.2. The molecule has 1 saturated heterocycles. The molecule has 1 fully saturated rings. The maximum absolute atomic E-state index is 6.06. The van der Waals surface area contributed by atoms with Crippen LogP contribution in [0.5, 0.6) is 5.75 Å². The Morgan fingerprint density at radius 3 is 2.62 bits per heavy atom. The van der Waals surface area contributed by atoms with Gasteiger partial charge in [0.2, 0.25) is 0 Å². The molecule has 7 heteroatoms. The van der Waals surface area contributed by atoms with Crippen molar-refractivity contribution in [2.24, 2.45) is 0 Å². The third-order valence-electron chi connectivity index (χ3n) is 4.85. The SMILES string of the molecule is Cc1cc(/C=C/c2ccccc2OCCN2CCN(c3ccco3)CC2)on1.Cl. The first-order valence-electron chi connectivity index (χ1n) is 9.62. The zero-order chi connectivity index (χ0) is 19.2. The molecule has 29 heavy (non-hydrogen) atoms. The highest BCUT2D eigenvalue weighted by Gasteiger charge is 2.18. The summed E-state index contributed by atoms with van der Waals surface area (Å²) in [6.07, 6.45) is 5.64. The number of anilines is 1. The Morgan fingerprint density at radius 2 is 1.90 bits per heavy atom. The second-order valence-electron chi connectivity index (χ2n) is 6.87. The van der Waals surface area contributed by atoms with Crippen molar-refractivity contribution in [1.82, 2.24) is 10.1 Å². The third-order valence-corrected chi connectivity index (χ3v) is 4.85. The van der Waals surface area contributed by atoms with Gasteiger partial charge >= 0.3 is 0 Å². The Bertz CT molecular complexity index is 900. The van der Waals surface area contributed by atoms with Crippen LogP contribution >= 0.6 is 12.4 Å². The van der Waals surface area contributed by atoms with Gasteiger partial charge in [-0.05, 0) is 31.2 Å². The van der Waals surface area contributed by atoms with Gasteiger partial charge in [0, 0.05) is 50.4 Å². The molecule has 0 saturated carbocycles. The van der Waals surface area contributed by atoms with Crippen LogP contribution in [0.25, 0.3) is 12.2 Å². The molecular weight excluding hydrogens is 390 g/mol. The largest absolute Gasteiger partial charge is 0.492 e. The van der Waals surface area contributed by atoms with E-state index in [1.165, 1.54) is 0 Å². The molecule has 6 nitrogen and oxygen atoms in total. The number of ether oxygens (including phenoxy) is 1. The normalized spacial score (nSPS) is 14.9. The Kier molecular flexibility index (Phi) is 7.38. The summed E-state index contributed by atoms with van der Waals surface area (Å²) < 4.78 is 16.8. The van der Waals surface area contributed by atoms with Crippen molar-refractivity contribution >= 4 is 30.4 Å². The van der Waals surface area contributed by atoms with Gasteiger partial charge in [-0.25, -0.2) is 0 Å². The van der Waals surface area contributed by atoms with Crippen LogP contribution in [0.3, 0.4) is 0 Å². The zero-order valence-electron chi connectivity index (χ0n) is 16.5. The summed E-state index contributed by atoms with van der Waals surface area (Å²) in [4.78, 5) is 4.71. The lowest BCUT2D eigenvalue weighted by Gasteiger charge is -2.34. The molecule has 1 aliphatic heterocycles. The number of hydrogen-bond donors (Lipinski definition) is 0. The Balaban J connectivity index is 0.00000240. The number of halogens is 1. The molecule has 1 aromatic carbocycles. The smallest absolute Gasteiger partial charge is 0.195 e. The van der Waals surface area contributed by atoms with Crippen LogP contribution in [0.2, 0.25) is 0 Å². The number of para-hydroxylation sites is 1. The van der Waals surface area contributed by atoms with E-state index >= 15 is 0 Å². The van der Waals surface area contributed by atoms with Crippen molar-refractivity contribution in [3.8, 4) is 5.75 Å². The van der Waals surface area contributed by atoms with Crippen molar-refractivity contribution in [3.05, 3.63) is 65.7 Å². The highest BCUT2D eigenvalue weighted by Crippen LogP contribution is 2.21. The number of hydrogen-bond acceptors (Lipinski definition) is 6. The van der Waals surface area contributed by atoms with E-state index in [-0.39, 0.29) is 12.4 Å². The Hall–Kier alpha value is -2.70. The summed E-state index contributed by atoms with van der Waals surface area (Å²) in [5.74, 6) is 2.57. The number of nitrogens with zero attached hydrogens (tertiary/aromatic N) is 3. The quantitative estimate of drug-likeness (QED) is 0.571. The number of rotatable bonds is 7. The summed E-state index contributed by atoms with van der Waals surface area (Å²) in [5.41, 5.74) is 1.90. The molecule has 1 aliphatic rings. The fourth-order valence-corrected chi connectivity index (χ4v) is 3.31. The van der Waals surface area contributed by atoms with Crippen molar-refractivity contribution in [2.45, 2.75) is 6.92 Å². The molecule has 3 heterocycles. The predicted octanol–water partition coefficient (Wildman–Crippen LogP) is 4.37. The van der Waals surface area contributed by atoms with Gasteiger partial charge in [0.15, 0.2) is 11.6 Å². The van der Waals surface area contributed by atoms with E-state index in [2.05, 4.69) is 15.0 Å². The van der Waals surface area contributed by atoms with Crippen molar-refractivity contribution in [3.63, 3.8) is 0 Å². The van der Waals surface area contributed by atoms with Crippen LogP contribution in [0.1, 0.15) is 17.0 Å². The van der Waals surface area contributed by atoms with Crippen LogP contribution in [0.4, 0.5) is 5.88 Å². The van der Waals surface area contributed by atoms with Gasteiger partial charge in [0.25, 0.3) is 0 Å². The molecule has 4 rings (SSSR count). The molecule has 0 radical (unpaired) electrons. The molecule has 3 aromatic rings. The van der Waals surface area contributed by atoms with Crippen LogP contribution < -0.4 is 9.64 Å². The fourth-order valence-electron chi connectivity index (χ4n) is 3.31. The van der Waals surface area contributed by atoms with E-state index < -0.39 is 0 Å². The molecule has 0 bridgehead atoms. The van der Waals surface area contributed by atoms with Gasteiger partial charge in [-0.1, -0.05) is 23.4 Å². The van der Waals surface area contributed by atoms with Crippen LogP contribution in [0, 0.1) is 6.92 Å². The monoisotopic (exact) mass is 415 g/mol. The highest BCUT2D eigenvalue weighted by molar-refractivity contribution is 5.85. The van der Waals surface area contributed by atoms with Crippen LogP contribution in [-0.4, -0.2) is 49.4 Å². The number of aromatic nitrogens is 1. The second-order valence-corrected chi connectivity index (χ2v) is 6.87. The van der Waals surface area contributed by atoms with Gasteiger partial charge < -0.3 is 18.6 Å². The molecular formula is C22H26ClN3O3. The summed E-state index contributed by atoms with van der Waals surface area (Å²) in [7, 11) is 0. The maximum atomic E-state index is 6.06. The molecule has 0 spiro atoms. The van der Waals surface area contributed by atoms with Gasteiger partial charge in [0.1, 0.15) is 12.4 Å². The molecule has 0 amide bonds. The first kappa shape index (κ1) is 21.0. The topological polar surface area (TPSA) is 54.9 Å². The average molecular weight is 416 g/mol. The minimum Gasteiger partial charge on any atom is -0.492 e. The number of furan rings is 1.